The summed E-state index contributed by atoms with van der Waals surface area (Å²) in [5, 5.41) is 3.03. The van der Waals surface area contributed by atoms with Crippen LogP contribution in [0.2, 0.25) is 0 Å². The Hall–Kier alpha value is -2.69. The summed E-state index contributed by atoms with van der Waals surface area (Å²) >= 11 is 0. The maximum atomic E-state index is 12.7. The van der Waals surface area contributed by atoms with E-state index in [9.17, 15) is 9.59 Å². The van der Waals surface area contributed by atoms with Gasteiger partial charge in [0.05, 0.1) is 11.6 Å². The van der Waals surface area contributed by atoms with Crippen molar-refractivity contribution < 1.29 is 9.59 Å². The molecule has 0 aliphatic rings. The van der Waals surface area contributed by atoms with Gasteiger partial charge in [-0.3, -0.25) is 14.6 Å². The highest BCUT2D eigenvalue weighted by Crippen LogP contribution is 2.24. The molecule has 2 rings (SSSR count). The van der Waals surface area contributed by atoms with Crippen LogP contribution in [0.5, 0.6) is 0 Å². The van der Waals surface area contributed by atoms with Crippen molar-refractivity contribution in [2.45, 2.75) is 33.2 Å². The summed E-state index contributed by atoms with van der Waals surface area (Å²) in [5.74, 6) is -0.651. The Morgan fingerprint density at radius 1 is 1.17 bits per heavy atom. The molecule has 0 fully saturated rings. The summed E-state index contributed by atoms with van der Waals surface area (Å²) in [6.07, 6.45) is 2.24. The predicted octanol–water partition coefficient (Wildman–Crippen LogP) is 3.01. The van der Waals surface area contributed by atoms with Crippen molar-refractivity contribution in [2.24, 2.45) is 11.7 Å². The molecule has 0 aliphatic heterocycles. The molecule has 0 aliphatic carbocycles. The minimum absolute atomic E-state index is 0.0110. The molecular formula is C19H23N3O2. The third kappa shape index (κ3) is 4.19. The van der Waals surface area contributed by atoms with E-state index in [1.54, 1.807) is 12.1 Å². The van der Waals surface area contributed by atoms with E-state index < -0.39 is 5.91 Å². The van der Waals surface area contributed by atoms with Gasteiger partial charge in [-0.15, -0.1) is 0 Å². The third-order valence-corrected chi connectivity index (χ3v) is 3.86. The number of aryl methyl sites for hydroxylation is 1. The molecule has 0 saturated heterocycles. The van der Waals surface area contributed by atoms with Crippen molar-refractivity contribution in [3.05, 3.63) is 65.0 Å². The number of hydrogen-bond acceptors (Lipinski definition) is 3. The molecule has 3 N–H and O–H groups in total. The molecule has 2 amide bonds. The minimum Gasteiger partial charge on any atom is -0.364 e. The van der Waals surface area contributed by atoms with E-state index in [-0.39, 0.29) is 23.2 Å². The van der Waals surface area contributed by atoms with Crippen LogP contribution in [0.4, 0.5) is 0 Å². The van der Waals surface area contributed by atoms with E-state index >= 15 is 0 Å². The molecule has 126 valence electrons. The largest absolute Gasteiger partial charge is 0.364 e. The van der Waals surface area contributed by atoms with Crippen LogP contribution in [-0.2, 0) is 0 Å². The summed E-state index contributed by atoms with van der Waals surface area (Å²) < 4.78 is 0. The highest BCUT2D eigenvalue weighted by Gasteiger charge is 2.22. The van der Waals surface area contributed by atoms with Crippen LogP contribution < -0.4 is 11.1 Å². The Bertz CT molecular complexity index is 741. The highest BCUT2D eigenvalue weighted by molar-refractivity contribution is 6.05. The lowest BCUT2D eigenvalue weighted by atomic mass is 9.93. The van der Waals surface area contributed by atoms with Gasteiger partial charge in [0.15, 0.2) is 0 Å². The van der Waals surface area contributed by atoms with Crippen LogP contribution in [0.3, 0.4) is 0 Å². The highest BCUT2D eigenvalue weighted by atomic mass is 16.2. The molecule has 1 atom stereocenters. The summed E-state index contributed by atoms with van der Waals surface area (Å²) in [6.45, 7) is 6.24. The first kappa shape index (κ1) is 17.7. The maximum absolute atomic E-state index is 12.7. The lowest BCUT2D eigenvalue weighted by Crippen LogP contribution is -2.32. The molecule has 1 aromatic carbocycles. The first-order chi connectivity index (χ1) is 11.4. The maximum Gasteiger partial charge on any atom is 0.268 e. The Morgan fingerprint density at radius 3 is 2.50 bits per heavy atom. The second-order valence-electron chi connectivity index (χ2n) is 6.28. The molecule has 5 heteroatoms. The van der Waals surface area contributed by atoms with E-state index in [2.05, 4.69) is 24.1 Å². The van der Waals surface area contributed by atoms with Crippen LogP contribution >= 0.6 is 0 Å². The summed E-state index contributed by atoms with van der Waals surface area (Å²) in [6, 6.07) is 11.0. The average molecular weight is 325 g/mol. The van der Waals surface area contributed by atoms with E-state index in [0.29, 0.717) is 5.92 Å². The molecule has 0 radical (unpaired) electrons. The number of hydrogen-bond donors (Lipinski definition) is 2. The van der Waals surface area contributed by atoms with E-state index in [4.69, 9.17) is 5.73 Å². The molecule has 1 aromatic heterocycles. The number of nitrogens with zero attached hydrogens (tertiary/aromatic N) is 1. The van der Waals surface area contributed by atoms with Crippen LogP contribution in [-0.4, -0.2) is 16.8 Å². The first-order valence-electron chi connectivity index (χ1n) is 8.01. The van der Waals surface area contributed by atoms with Crippen molar-refractivity contribution >= 4 is 11.8 Å². The lowest BCUT2D eigenvalue weighted by Gasteiger charge is -2.23. The Labute approximate surface area is 142 Å². The molecule has 1 heterocycles. The molecule has 0 spiro atoms. The second-order valence-corrected chi connectivity index (χ2v) is 6.28. The molecule has 2 aromatic rings. The molecule has 5 nitrogen and oxygen atoms in total. The van der Waals surface area contributed by atoms with Gasteiger partial charge in [0.25, 0.3) is 11.8 Å². The quantitative estimate of drug-likeness (QED) is 0.856. The summed E-state index contributed by atoms with van der Waals surface area (Å²) in [5.41, 5.74) is 7.70. The van der Waals surface area contributed by atoms with Gasteiger partial charge in [-0.25, -0.2) is 0 Å². The van der Waals surface area contributed by atoms with Gasteiger partial charge >= 0.3 is 0 Å². The van der Waals surface area contributed by atoms with Gasteiger partial charge in [0.1, 0.15) is 5.69 Å². The lowest BCUT2D eigenvalue weighted by molar-refractivity contribution is 0.0916. The summed E-state index contributed by atoms with van der Waals surface area (Å²) in [7, 11) is 0. The zero-order valence-corrected chi connectivity index (χ0v) is 14.2. The number of nitrogens with one attached hydrogen (secondary N) is 1. The van der Waals surface area contributed by atoms with Crippen LogP contribution in [0.25, 0.3) is 0 Å². The van der Waals surface area contributed by atoms with Crippen LogP contribution in [0.15, 0.2) is 42.6 Å². The van der Waals surface area contributed by atoms with Crippen molar-refractivity contribution in [1.82, 2.24) is 10.3 Å². The van der Waals surface area contributed by atoms with Gasteiger partial charge in [0, 0.05) is 6.20 Å². The number of aromatic nitrogens is 1. The van der Waals surface area contributed by atoms with E-state index in [1.807, 2.05) is 31.2 Å². The van der Waals surface area contributed by atoms with Crippen molar-refractivity contribution in [3.8, 4) is 0 Å². The molecule has 24 heavy (non-hydrogen) atoms. The van der Waals surface area contributed by atoms with E-state index in [1.165, 1.54) is 6.20 Å². The fraction of sp³-hybridized carbons (Fsp3) is 0.316. The van der Waals surface area contributed by atoms with Gasteiger partial charge in [-0.2, -0.15) is 0 Å². The predicted molar refractivity (Wildman–Crippen MR) is 93.6 cm³/mol. The van der Waals surface area contributed by atoms with Crippen LogP contribution in [0.1, 0.15) is 58.3 Å². The van der Waals surface area contributed by atoms with Gasteiger partial charge in [0.2, 0.25) is 0 Å². The van der Waals surface area contributed by atoms with Crippen molar-refractivity contribution in [2.75, 3.05) is 0 Å². The zero-order chi connectivity index (χ0) is 17.7. The number of nitrogens with two attached hydrogens (primary N) is 1. The minimum atomic E-state index is -0.711. The first-order valence-corrected chi connectivity index (χ1v) is 8.01. The number of benzene rings is 1. The number of carbonyl (C=O) groups is 2. The number of carbonyl (C=O) groups excluding carboxylic acids is 2. The average Bonchev–Trinajstić information content (AvgIpc) is 2.54. The second kappa shape index (κ2) is 7.73. The Morgan fingerprint density at radius 2 is 1.88 bits per heavy atom. The monoisotopic (exact) mass is 325 g/mol. The smallest absolute Gasteiger partial charge is 0.268 e. The molecule has 0 unspecified atom stereocenters. The number of primary amides is 1. The summed E-state index contributed by atoms with van der Waals surface area (Å²) in [4.78, 5) is 28.1. The standard InChI is InChI=1S/C19H23N3O2/c1-12(2)11-16(14-8-5-4-7-13(14)3)22-19(24)15-9-6-10-21-17(15)18(20)23/h4-10,12,16H,11H2,1-3H3,(H2,20,23)(H,22,24)/t16-/m1/s1. The van der Waals surface area contributed by atoms with Crippen LogP contribution in [0, 0.1) is 12.8 Å². The zero-order valence-electron chi connectivity index (χ0n) is 14.2. The number of pyridine rings is 1. The Kier molecular flexibility index (Phi) is 5.68. The molecule has 0 bridgehead atoms. The van der Waals surface area contributed by atoms with Crippen molar-refractivity contribution in [1.29, 1.82) is 0 Å². The fourth-order valence-corrected chi connectivity index (χ4v) is 2.73. The van der Waals surface area contributed by atoms with Crippen molar-refractivity contribution in [3.63, 3.8) is 0 Å². The molecular weight excluding hydrogens is 302 g/mol. The van der Waals surface area contributed by atoms with E-state index in [0.717, 1.165) is 17.5 Å². The van der Waals surface area contributed by atoms with Gasteiger partial charge in [-0.05, 0) is 42.5 Å². The van der Waals surface area contributed by atoms with Gasteiger partial charge in [-0.1, -0.05) is 38.1 Å². The number of rotatable bonds is 6. The van der Waals surface area contributed by atoms with Gasteiger partial charge < -0.3 is 11.1 Å². The fourth-order valence-electron chi connectivity index (χ4n) is 2.73. The normalized spacial score (nSPS) is 12.0. The SMILES string of the molecule is Cc1ccccc1[C@@H](CC(C)C)NC(=O)c1cccnc1C(N)=O. The topological polar surface area (TPSA) is 85.1 Å². The molecule has 0 saturated carbocycles. The Balaban J connectivity index is 2.32. The third-order valence-electron chi connectivity index (χ3n) is 3.86. The number of amides is 2.